The van der Waals surface area contributed by atoms with E-state index >= 15 is 0 Å². The van der Waals surface area contributed by atoms with Crippen molar-refractivity contribution in [3.63, 3.8) is 0 Å². The summed E-state index contributed by atoms with van der Waals surface area (Å²) in [5.41, 5.74) is 8.57. The number of anilines is 2. The molecule has 0 saturated carbocycles. The Morgan fingerprint density at radius 1 is 0.976 bits per heavy atom. The Hall–Kier alpha value is -4.99. The van der Waals surface area contributed by atoms with Crippen LogP contribution < -0.4 is 15.5 Å². The molecule has 10 heteroatoms. The second kappa shape index (κ2) is 13.1. The van der Waals surface area contributed by atoms with Gasteiger partial charge < -0.3 is 15.2 Å². The van der Waals surface area contributed by atoms with Crippen molar-refractivity contribution in [2.45, 2.75) is 13.5 Å². The molecular formula is C32H25ClN4O4S. The van der Waals surface area contributed by atoms with Crippen LogP contribution in [-0.2, 0) is 6.61 Å². The van der Waals surface area contributed by atoms with Gasteiger partial charge >= 0.3 is 5.97 Å². The molecular weight excluding hydrogens is 572 g/mol. The molecule has 0 radical (unpaired) electrons. The third-order valence-electron chi connectivity index (χ3n) is 6.18. The van der Waals surface area contributed by atoms with Crippen molar-refractivity contribution in [1.82, 2.24) is 10.4 Å². The van der Waals surface area contributed by atoms with Crippen molar-refractivity contribution >= 4 is 51.8 Å². The number of hydrogen-bond acceptors (Lipinski definition) is 7. The Morgan fingerprint density at radius 2 is 1.69 bits per heavy atom. The first-order valence-corrected chi connectivity index (χ1v) is 14.1. The van der Waals surface area contributed by atoms with Gasteiger partial charge in [-0.25, -0.2) is 15.2 Å². The molecule has 0 fully saturated rings. The number of rotatable bonds is 10. The van der Waals surface area contributed by atoms with Crippen LogP contribution in [0.5, 0.6) is 5.75 Å². The maximum Gasteiger partial charge on any atom is 0.335 e. The van der Waals surface area contributed by atoms with Gasteiger partial charge in [0.2, 0.25) is 0 Å². The maximum absolute atomic E-state index is 12.6. The largest absolute Gasteiger partial charge is 0.487 e. The Kier molecular flexibility index (Phi) is 8.91. The van der Waals surface area contributed by atoms with Gasteiger partial charge in [0.05, 0.1) is 22.5 Å². The molecule has 8 nitrogen and oxygen atoms in total. The average molecular weight is 597 g/mol. The van der Waals surface area contributed by atoms with E-state index in [4.69, 9.17) is 21.4 Å². The molecule has 4 aromatic carbocycles. The zero-order valence-electron chi connectivity index (χ0n) is 22.4. The minimum absolute atomic E-state index is 0.209. The molecule has 3 N–H and O–H groups in total. The van der Waals surface area contributed by atoms with E-state index in [1.165, 1.54) is 35.2 Å². The summed E-state index contributed by atoms with van der Waals surface area (Å²) >= 11 is 7.86. The summed E-state index contributed by atoms with van der Waals surface area (Å²) in [5.74, 6) is -0.860. The zero-order valence-corrected chi connectivity index (χ0v) is 23.9. The van der Waals surface area contributed by atoms with Crippen molar-refractivity contribution < 1.29 is 19.4 Å². The molecule has 0 bridgehead atoms. The van der Waals surface area contributed by atoms with Crippen molar-refractivity contribution in [1.29, 1.82) is 0 Å². The number of hydrazone groups is 1. The van der Waals surface area contributed by atoms with Crippen LogP contribution >= 0.6 is 22.9 Å². The summed E-state index contributed by atoms with van der Waals surface area (Å²) in [7, 11) is 0. The number of aromatic carboxylic acids is 1. The zero-order chi connectivity index (χ0) is 29.5. The van der Waals surface area contributed by atoms with Gasteiger partial charge in [-0.1, -0.05) is 53.6 Å². The topological polar surface area (TPSA) is 113 Å². The SMILES string of the molecule is Cc1ccc(Nc2nc(-c3ccc(C(=O)N/N=C\c4ccc(OCc5ccc(C(=O)O)cc5)c(Cl)c4)cc3)cs2)cc1. The van der Waals surface area contributed by atoms with Crippen molar-refractivity contribution in [2.75, 3.05) is 5.32 Å². The number of carboxylic acid groups (broad SMARTS) is 1. The molecule has 1 amide bonds. The van der Waals surface area contributed by atoms with Crippen molar-refractivity contribution in [3.8, 4) is 17.0 Å². The molecule has 42 heavy (non-hydrogen) atoms. The number of aryl methyl sites for hydroxylation is 1. The number of halogens is 1. The fourth-order valence-corrected chi connectivity index (χ4v) is 4.85. The monoisotopic (exact) mass is 596 g/mol. The highest BCUT2D eigenvalue weighted by Gasteiger charge is 2.09. The van der Waals surface area contributed by atoms with E-state index in [0.29, 0.717) is 21.9 Å². The maximum atomic E-state index is 12.6. The number of benzene rings is 4. The van der Waals surface area contributed by atoms with Crippen LogP contribution in [0.15, 0.2) is 101 Å². The Bertz CT molecular complexity index is 1730. The van der Waals surface area contributed by atoms with Crippen LogP contribution in [-0.4, -0.2) is 28.2 Å². The molecule has 0 saturated heterocycles. The van der Waals surface area contributed by atoms with E-state index in [2.05, 4.69) is 20.8 Å². The van der Waals surface area contributed by atoms with E-state index in [0.717, 1.165) is 27.6 Å². The number of ether oxygens (including phenoxy) is 1. The molecule has 1 heterocycles. The molecule has 210 valence electrons. The quantitative estimate of drug-likeness (QED) is 0.113. The number of amides is 1. The highest BCUT2D eigenvalue weighted by atomic mass is 35.5. The van der Waals surface area contributed by atoms with Crippen molar-refractivity contribution in [3.05, 3.63) is 129 Å². The summed E-state index contributed by atoms with van der Waals surface area (Å²) in [4.78, 5) is 28.2. The predicted octanol–water partition coefficient (Wildman–Crippen LogP) is 7.56. The number of carbonyl (C=O) groups is 2. The lowest BCUT2D eigenvalue weighted by Gasteiger charge is -2.09. The summed E-state index contributed by atoms with van der Waals surface area (Å²) in [6, 6.07) is 26.8. The summed E-state index contributed by atoms with van der Waals surface area (Å²) in [6.45, 7) is 2.28. The van der Waals surface area contributed by atoms with Gasteiger partial charge in [0.1, 0.15) is 12.4 Å². The van der Waals surface area contributed by atoms with E-state index in [-0.39, 0.29) is 18.1 Å². The molecule has 5 aromatic rings. The third kappa shape index (κ3) is 7.39. The number of aromatic nitrogens is 1. The third-order valence-corrected chi connectivity index (χ3v) is 7.23. The summed E-state index contributed by atoms with van der Waals surface area (Å²) in [6.07, 6.45) is 1.49. The summed E-state index contributed by atoms with van der Waals surface area (Å²) in [5, 5.41) is 19.5. The molecule has 0 spiro atoms. The minimum Gasteiger partial charge on any atom is -0.487 e. The Labute approximate surface area is 251 Å². The lowest BCUT2D eigenvalue weighted by Crippen LogP contribution is -2.17. The fraction of sp³-hybridized carbons (Fsp3) is 0.0625. The van der Waals surface area contributed by atoms with Crippen LogP contribution in [0.2, 0.25) is 5.02 Å². The molecule has 0 unspecified atom stereocenters. The number of nitrogens with zero attached hydrogens (tertiary/aromatic N) is 2. The number of nitrogens with one attached hydrogen (secondary N) is 2. The minimum atomic E-state index is -0.982. The van der Waals surface area contributed by atoms with E-state index in [1.807, 2.05) is 48.7 Å². The van der Waals surface area contributed by atoms with Gasteiger partial charge in [-0.05, 0) is 72.6 Å². The van der Waals surface area contributed by atoms with Gasteiger partial charge in [0.25, 0.3) is 5.91 Å². The molecule has 5 rings (SSSR count). The lowest BCUT2D eigenvalue weighted by molar-refractivity contribution is 0.0696. The van der Waals surface area contributed by atoms with Crippen LogP contribution in [0.25, 0.3) is 11.3 Å². The van der Waals surface area contributed by atoms with E-state index < -0.39 is 5.97 Å². The lowest BCUT2D eigenvalue weighted by atomic mass is 10.1. The van der Waals surface area contributed by atoms with Gasteiger partial charge in [-0.3, -0.25) is 4.79 Å². The van der Waals surface area contributed by atoms with Gasteiger partial charge in [-0.2, -0.15) is 5.10 Å². The average Bonchev–Trinajstić information content (AvgIpc) is 3.46. The first kappa shape index (κ1) is 28.5. The molecule has 0 aliphatic rings. The molecule has 0 aliphatic carbocycles. The normalized spacial score (nSPS) is 10.9. The van der Waals surface area contributed by atoms with E-state index in [1.54, 1.807) is 42.5 Å². The van der Waals surface area contributed by atoms with Gasteiger partial charge in [0, 0.05) is 22.2 Å². The van der Waals surface area contributed by atoms with Crippen LogP contribution in [0.1, 0.15) is 37.4 Å². The highest BCUT2D eigenvalue weighted by Crippen LogP contribution is 2.28. The second-order valence-electron chi connectivity index (χ2n) is 9.29. The smallest absolute Gasteiger partial charge is 0.335 e. The number of thiazole rings is 1. The standard InChI is InChI=1S/C32H25ClN4O4S/c1-20-2-13-26(14-3-20)35-32-36-28(19-42-32)23-9-11-24(12-10-23)30(38)37-34-17-22-6-15-29(27(33)16-22)41-18-21-4-7-25(8-5-21)31(39)40/h2-17,19H,18H2,1H3,(H,35,36)(H,37,38)(H,39,40)/b34-17-. The fourth-order valence-electron chi connectivity index (χ4n) is 3.87. The first-order chi connectivity index (χ1) is 20.3. The number of carbonyl (C=O) groups excluding carboxylic acids is 1. The number of carboxylic acids is 1. The van der Waals surface area contributed by atoms with Gasteiger partial charge in [-0.15, -0.1) is 11.3 Å². The summed E-state index contributed by atoms with van der Waals surface area (Å²) < 4.78 is 5.75. The van der Waals surface area contributed by atoms with Crippen LogP contribution in [0.4, 0.5) is 10.8 Å². The Balaban J connectivity index is 1.13. The van der Waals surface area contributed by atoms with Crippen LogP contribution in [0.3, 0.4) is 0 Å². The van der Waals surface area contributed by atoms with Gasteiger partial charge in [0.15, 0.2) is 5.13 Å². The first-order valence-electron chi connectivity index (χ1n) is 12.8. The Morgan fingerprint density at radius 3 is 2.38 bits per heavy atom. The van der Waals surface area contributed by atoms with Crippen molar-refractivity contribution in [2.24, 2.45) is 5.10 Å². The van der Waals surface area contributed by atoms with E-state index in [9.17, 15) is 9.59 Å². The second-order valence-corrected chi connectivity index (χ2v) is 10.6. The molecule has 0 atom stereocenters. The molecule has 0 aliphatic heterocycles. The highest BCUT2D eigenvalue weighted by molar-refractivity contribution is 7.14. The van der Waals surface area contributed by atoms with Crippen LogP contribution in [0, 0.1) is 6.92 Å². The number of hydrogen-bond donors (Lipinski definition) is 3. The predicted molar refractivity (Wildman–Crippen MR) is 166 cm³/mol. The molecule has 1 aromatic heterocycles.